The largest absolute Gasteiger partial charge is 0.389 e. The molecule has 0 bridgehead atoms. The molecule has 4 heteroatoms. The third-order valence-corrected chi connectivity index (χ3v) is 2.96. The van der Waals surface area contributed by atoms with Crippen molar-refractivity contribution in [2.45, 2.75) is 45.8 Å². The summed E-state index contributed by atoms with van der Waals surface area (Å²) in [7, 11) is 0. The van der Waals surface area contributed by atoms with Crippen LogP contribution in [0.3, 0.4) is 0 Å². The van der Waals surface area contributed by atoms with Crippen LogP contribution < -0.4 is 10.6 Å². The van der Waals surface area contributed by atoms with E-state index in [0.717, 1.165) is 12.0 Å². The molecule has 1 rings (SSSR count). The highest BCUT2D eigenvalue weighted by Gasteiger charge is 2.17. The first-order valence-corrected chi connectivity index (χ1v) is 6.21. The minimum absolute atomic E-state index is 0.230. The highest BCUT2D eigenvalue weighted by Crippen LogP contribution is 2.17. The van der Waals surface area contributed by atoms with Gasteiger partial charge in [-0.3, -0.25) is 0 Å². The third kappa shape index (κ3) is 4.37. The Kier molecular flexibility index (Phi) is 4.73. The number of nitrogens with one attached hydrogen (secondary N) is 2. The molecule has 100 valence electrons. The SMILES string of the molecule is CCC(C)(C)NC(=O)Nc1cccc(C(C)O)c1. The molecule has 18 heavy (non-hydrogen) atoms. The lowest BCUT2D eigenvalue weighted by molar-refractivity contribution is 0.199. The zero-order chi connectivity index (χ0) is 13.8. The van der Waals surface area contributed by atoms with E-state index >= 15 is 0 Å². The van der Waals surface area contributed by atoms with E-state index in [9.17, 15) is 9.90 Å². The Balaban J connectivity index is 2.68. The van der Waals surface area contributed by atoms with Crippen molar-refractivity contribution in [2.75, 3.05) is 5.32 Å². The van der Waals surface area contributed by atoms with Crippen LogP contribution in [0, 0.1) is 0 Å². The molecule has 1 aromatic rings. The van der Waals surface area contributed by atoms with Crippen LogP contribution in [0.2, 0.25) is 0 Å². The summed E-state index contributed by atoms with van der Waals surface area (Å²) in [6.07, 6.45) is 0.315. The van der Waals surface area contributed by atoms with Gasteiger partial charge in [0, 0.05) is 11.2 Å². The van der Waals surface area contributed by atoms with E-state index in [2.05, 4.69) is 10.6 Å². The van der Waals surface area contributed by atoms with Crippen LogP contribution in [-0.2, 0) is 0 Å². The molecule has 1 atom stereocenters. The van der Waals surface area contributed by atoms with Gasteiger partial charge in [-0.1, -0.05) is 19.1 Å². The molecule has 0 saturated carbocycles. The van der Waals surface area contributed by atoms with Gasteiger partial charge in [-0.05, 0) is 44.9 Å². The molecule has 4 nitrogen and oxygen atoms in total. The summed E-state index contributed by atoms with van der Waals surface area (Å²) < 4.78 is 0. The average molecular weight is 250 g/mol. The van der Waals surface area contributed by atoms with Gasteiger partial charge < -0.3 is 15.7 Å². The van der Waals surface area contributed by atoms with Crippen molar-refractivity contribution in [3.63, 3.8) is 0 Å². The molecule has 0 heterocycles. The molecule has 1 aromatic carbocycles. The van der Waals surface area contributed by atoms with Gasteiger partial charge in [0.15, 0.2) is 0 Å². The number of aliphatic hydroxyl groups is 1. The minimum atomic E-state index is -0.540. The maximum atomic E-state index is 11.8. The second-order valence-electron chi connectivity index (χ2n) is 5.12. The van der Waals surface area contributed by atoms with Gasteiger partial charge in [0.2, 0.25) is 0 Å². The number of hydrogen-bond donors (Lipinski definition) is 3. The maximum Gasteiger partial charge on any atom is 0.319 e. The van der Waals surface area contributed by atoms with Crippen LogP contribution in [0.4, 0.5) is 10.5 Å². The Morgan fingerprint density at radius 2 is 2.11 bits per heavy atom. The summed E-state index contributed by atoms with van der Waals surface area (Å²) >= 11 is 0. The Labute approximate surface area is 108 Å². The van der Waals surface area contributed by atoms with Crippen molar-refractivity contribution in [3.8, 4) is 0 Å². The standard InChI is InChI=1S/C14H22N2O2/c1-5-14(3,4)16-13(18)15-12-8-6-7-11(9-12)10(2)17/h6-10,17H,5H2,1-4H3,(H2,15,16,18). The van der Waals surface area contributed by atoms with Crippen molar-refractivity contribution in [3.05, 3.63) is 29.8 Å². The minimum Gasteiger partial charge on any atom is -0.389 e. The Bertz CT molecular complexity index is 414. The average Bonchev–Trinajstić information content (AvgIpc) is 2.28. The molecule has 0 aliphatic carbocycles. The number of carbonyl (C=O) groups is 1. The molecular weight excluding hydrogens is 228 g/mol. The molecule has 0 aliphatic heterocycles. The van der Waals surface area contributed by atoms with Crippen molar-refractivity contribution in [1.82, 2.24) is 5.32 Å². The van der Waals surface area contributed by atoms with Crippen molar-refractivity contribution in [1.29, 1.82) is 0 Å². The lowest BCUT2D eigenvalue weighted by Crippen LogP contribution is -2.45. The predicted octanol–water partition coefficient (Wildman–Crippen LogP) is 3.05. The zero-order valence-electron chi connectivity index (χ0n) is 11.4. The lowest BCUT2D eigenvalue weighted by Gasteiger charge is -2.24. The molecule has 0 aliphatic rings. The van der Waals surface area contributed by atoms with E-state index in [1.807, 2.05) is 32.9 Å². The normalized spacial score (nSPS) is 12.9. The van der Waals surface area contributed by atoms with Crippen LogP contribution in [0.15, 0.2) is 24.3 Å². The molecule has 0 fully saturated rings. The Morgan fingerprint density at radius 1 is 1.44 bits per heavy atom. The molecule has 3 N–H and O–H groups in total. The number of aliphatic hydroxyl groups excluding tert-OH is 1. The van der Waals surface area contributed by atoms with E-state index in [-0.39, 0.29) is 11.6 Å². The molecule has 0 aromatic heterocycles. The van der Waals surface area contributed by atoms with E-state index in [1.54, 1.807) is 19.1 Å². The number of amides is 2. The van der Waals surface area contributed by atoms with Gasteiger partial charge in [-0.25, -0.2) is 4.79 Å². The zero-order valence-corrected chi connectivity index (χ0v) is 11.4. The quantitative estimate of drug-likeness (QED) is 0.769. The summed E-state index contributed by atoms with van der Waals surface area (Å²) in [6.45, 7) is 7.66. The monoisotopic (exact) mass is 250 g/mol. The van der Waals surface area contributed by atoms with E-state index in [4.69, 9.17) is 0 Å². The first-order valence-electron chi connectivity index (χ1n) is 6.21. The number of anilines is 1. The highest BCUT2D eigenvalue weighted by molar-refractivity contribution is 5.89. The first-order chi connectivity index (χ1) is 8.34. The van der Waals surface area contributed by atoms with Crippen molar-refractivity contribution >= 4 is 11.7 Å². The van der Waals surface area contributed by atoms with Crippen molar-refractivity contribution < 1.29 is 9.90 Å². The fraction of sp³-hybridized carbons (Fsp3) is 0.500. The van der Waals surface area contributed by atoms with E-state index in [1.165, 1.54) is 0 Å². The second kappa shape index (κ2) is 5.87. The number of hydrogen-bond acceptors (Lipinski definition) is 2. The van der Waals surface area contributed by atoms with Gasteiger partial charge in [0.1, 0.15) is 0 Å². The topological polar surface area (TPSA) is 61.4 Å². The smallest absolute Gasteiger partial charge is 0.319 e. The summed E-state index contributed by atoms with van der Waals surface area (Å²) in [4.78, 5) is 11.8. The maximum absolute atomic E-state index is 11.8. The number of benzene rings is 1. The fourth-order valence-electron chi connectivity index (χ4n) is 1.43. The fourth-order valence-corrected chi connectivity index (χ4v) is 1.43. The second-order valence-corrected chi connectivity index (χ2v) is 5.12. The van der Waals surface area contributed by atoms with Crippen LogP contribution in [0.25, 0.3) is 0 Å². The van der Waals surface area contributed by atoms with E-state index in [0.29, 0.717) is 5.69 Å². The highest BCUT2D eigenvalue weighted by atomic mass is 16.3. The molecule has 0 spiro atoms. The van der Waals surface area contributed by atoms with Gasteiger partial charge >= 0.3 is 6.03 Å². The van der Waals surface area contributed by atoms with Crippen molar-refractivity contribution in [2.24, 2.45) is 0 Å². The number of carbonyl (C=O) groups excluding carboxylic acids is 1. The van der Waals surface area contributed by atoms with Gasteiger partial charge in [-0.2, -0.15) is 0 Å². The van der Waals surface area contributed by atoms with Crippen LogP contribution in [0.1, 0.15) is 45.8 Å². The summed E-state index contributed by atoms with van der Waals surface area (Å²) in [6, 6.07) is 6.96. The molecule has 0 saturated heterocycles. The third-order valence-electron chi connectivity index (χ3n) is 2.96. The van der Waals surface area contributed by atoms with Crippen LogP contribution in [0.5, 0.6) is 0 Å². The van der Waals surface area contributed by atoms with Crippen LogP contribution >= 0.6 is 0 Å². The molecule has 1 unspecified atom stereocenters. The Hall–Kier alpha value is -1.55. The van der Waals surface area contributed by atoms with Gasteiger partial charge in [0.25, 0.3) is 0 Å². The Morgan fingerprint density at radius 3 is 2.67 bits per heavy atom. The summed E-state index contributed by atoms with van der Waals surface area (Å²) in [5.74, 6) is 0. The predicted molar refractivity (Wildman–Crippen MR) is 73.6 cm³/mol. The summed E-state index contributed by atoms with van der Waals surface area (Å²) in [5, 5.41) is 15.1. The molecule has 0 radical (unpaired) electrons. The molecular formula is C14H22N2O2. The number of rotatable bonds is 4. The van der Waals surface area contributed by atoms with Crippen LogP contribution in [-0.4, -0.2) is 16.7 Å². The lowest BCUT2D eigenvalue weighted by atomic mass is 10.0. The number of urea groups is 1. The first kappa shape index (κ1) is 14.5. The summed E-state index contributed by atoms with van der Waals surface area (Å²) in [5.41, 5.74) is 1.23. The molecule has 2 amide bonds. The van der Waals surface area contributed by atoms with Gasteiger partial charge in [0.05, 0.1) is 6.10 Å². The van der Waals surface area contributed by atoms with Gasteiger partial charge in [-0.15, -0.1) is 0 Å². The van der Waals surface area contributed by atoms with E-state index < -0.39 is 6.10 Å².